The Labute approximate surface area is 219 Å². The molecule has 0 spiro atoms. The Morgan fingerprint density at radius 3 is 2.68 bits per heavy atom. The Morgan fingerprint density at radius 2 is 1.97 bits per heavy atom. The van der Waals surface area contributed by atoms with Gasteiger partial charge < -0.3 is 14.8 Å². The van der Waals surface area contributed by atoms with Crippen molar-refractivity contribution in [2.24, 2.45) is 10.9 Å². The largest absolute Gasteiger partial charge is 0.497 e. The second kappa shape index (κ2) is 13.0. The standard InChI is InChI=1S/C30H36N4O3/c1-4-31-27-12-11-26(20-22(27)2)37-19-18-34-16-13-23(14-17-34)30(35)33-29(28-10-5-6-15-32-28)24-8-7-9-25(21-24)36-3/h4-12,15,20-21,23,29H,13-14,16-19H2,1-3H3,(H,33,35)/b31-4-. The molecule has 1 fully saturated rings. The zero-order valence-corrected chi connectivity index (χ0v) is 21.9. The van der Waals surface area contributed by atoms with Crippen molar-refractivity contribution in [1.82, 2.24) is 15.2 Å². The maximum absolute atomic E-state index is 13.3. The smallest absolute Gasteiger partial charge is 0.224 e. The molecular formula is C30H36N4O3. The number of rotatable bonds is 10. The molecule has 7 heteroatoms. The number of carbonyl (C=O) groups excluding carboxylic acids is 1. The van der Waals surface area contributed by atoms with Gasteiger partial charge in [0.15, 0.2) is 0 Å². The normalized spacial score (nSPS) is 15.4. The molecule has 3 aromatic rings. The molecule has 0 bridgehead atoms. The highest BCUT2D eigenvalue weighted by atomic mass is 16.5. The summed E-state index contributed by atoms with van der Waals surface area (Å²) >= 11 is 0. The monoisotopic (exact) mass is 500 g/mol. The van der Waals surface area contributed by atoms with Crippen LogP contribution in [-0.4, -0.2) is 55.4 Å². The second-order valence-electron chi connectivity index (χ2n) is 9.27. The SMILES string of the molecule is C/C=N\c1ccc(OCCN2CCC(C(=O)NC(c3cccc(OC)c3)c3ccccn3)CC2)cc1C. The van der Waals surface area contributed by atoms with Crippen LogP contribution in [0.5, 0.6) is 11.5 Å². The highest BCUT2D eigenvalue weighted by Gasteiger charge is 2.28. The number of hydrogen-bond acceptors (Lipinski definition) is 6. The predicted octanol–water partition coefficient (Wildman–Crippen LogP) is 5.12. The first-order valence-corrected chi connectivity index (χ1v) is 12.9. The molecule has 2 heterocycles. The predicted molar refractivity (Wildman–Crippen MR) is 147 cm³/mol. The highest BCUT2D eigenvalue weighted by Crippen LogP contribution is 2.27. The first kappa shape index (κ1) is 26.4. The van der Waals surface area contributed by atoms with Crippen LogP contribution in [0.15, 0.2) is 71.9 Å². The molecule has 1 N–H and O–H groups in total. The van der Waals surface area contributed by atoms with E-state index in [0.717, 1.165) is 66.5 Å². The molecular weight excluding hydrogens is 464 g/mol. The van der Waals surface area contributed by atoms with E-state index in [2.05, 4.69) is 20.2 Å². The van der Waals surface area contributed by atoms with Crippen molar-refractivity contribution in [1.29, 1.82) is 0 Å². The third kappa shape index (κ3) is 7.17. The van der Waals surface area contributed by atoms with Gasteiger partial charge in [0.1, 0.15) is 18.1 Å². The maximum atomic E-state index is 13.3. The summed E-state index contributed by atoms with van der Waals surface area (Å²) in [5.74, 6) is 1.66. The van der Waals surface area contributed by atoms with Gasteiger partial charge in [0, 0.05) is 24.9 Å². The number of aromatic nitrogens is 1. The van der Waals surface area contributed by atoms with Crippen molar-refractivity contribution in [3.63, 3.8) is 0 Å². The zero-order chi connectivity index (χ0) is 26.0. The number of nitrogens with one attached hydrogen (secondary N) is 1. The van der Waals surface area contributed by atoms with Crippen molar-refractivity contribution in [3.05, 3.63) is 83.7 Å². The summed E-state index contributed by atoms with van der Waals surface area (Å²) in [6, 6.07) is 19.2. The fraction of sp³-hybridized carbons (Fsp3) is 0.367. The molecule has 0 aliphatic carbocycles. The highest BCUT2D eigenvalue weighted by molar-refractivity contribution is 5.79. The first-order chi connectivity index (χ1) is 18.1. The Hall–Kier alpha value is -3.71. The molecule has 1 atom stereocenters. The van der Waals surface area contributed by atoms with Gasteiger partial charge in [0.05, 0.1) is 24.5 Å². The van der Waals surface area contributed by atoms with Gasteiger partial charge in [-0.25, -0.2) is 0 Å². The third-order valence-corrected chi connectivity index (χ3v) is 6.77. The fourth-order valence-corrected chi connectivity index (χ4v) is 4.67. The Balaban J connectivity index is 1.29. The van der Waals surface area contributed by atoms with Crippen LogP contribution in [0.1, 0.15) is 42.6 Å². The van der Waals surface area contributed by atoms with Crippen LogP contribution in [-0.2, 0) is 4.79 Å². The molecule has 7 nitrogen and oxygen atoms in total. The number of likely N-dealkylation sites (tertiary alicyclic amines) is 1. The van der Waals surface area contributed by atoms with Gasteiger partial charge >= 0.3 is 0 Å². The van der Waals surface area contributed by atoms with Gasteiger partial charge in [-0.3, -0.25) is 19.7 Å². The lowest BCUT2D eigenvalue weighted by molar-refractivity contribution is -0.127. The summed E-state index contributed by atoms with van der Waals surface area (Å²) in [5, 5.41) is 3.26. The van der Waals surface area contributed by atoms with E-state index in [1.165, 1.54) is 0 Å². The number of aryl methyl sites for hydroxylation is 1. The van der Waals surface area contributed by atoms with E-state index in [1.807, 2.05) is 74.5 Å². The van der Waals surface area contributed by atoms with Crippen LogP contribution < -0.4 is 14.8 Å². The van der Waals surface area contributed by atoms with E-state index < -0.39 is 0 Å². The summed E-state index contributed by atoms with van der Waals surface area (Å²) in [4.78, 5) is 24.5. The van der Waals surface area contributed by atoms with E-state index >= 15 is 0 Å². The third-order valence-electron chi connectivity index (χ3n) is 6.77. The van der Waals surface area contributed by atoms with Gasteiger partial charge in [0.25, 0.3) is 0 Å². The van der Waals surface area contributed by atoms with E-state index in [4.69, 9.17) is 9.47 Å². The number of pyridine rings is 1. The van der Waals surface area contributed by atoms with Gasteiger partial charge in [-0.05, 0) is 93.4 Å². The molecule has 0 saturated carbocycles. The molecule has 1 unspecified atom stereocenters. The number of hydrogen-bond donors (Lipinski definition) is 1. The molecule has 2 aromatic carbocycles. The molecule has 0 radical (unpaired) electrons. The Bertz CT molecular complexity index is 1190. The molecule has 1 aliphatic heterocycles. The molecule has 194 valence electrons. The number of aliphatic imine (C=N–C) groups is 1. The molecule has 4 rings (SSSR count). The van der Waals surface area contributed by atoms with E-state index in [-0.39, 0.29) is 17.9 Å². The average Bonchev–Trinajstić information content (AvgIpc) is 2.94. The summed E-state index contributed by atoms with van der Waals surface area (Å²) in [7, 11) is 1.64. The van der Waals surface area contributed by atoms with Crippen molar-refractivity contribution in [2.45, 2.75) is 32.7 Å². The van der Waals surface area contributed by atoms with Crippen LogP contribution in [0, 0.1) is 12.8 Å². The van der Waals surface area contributed by atoms with Crippen LogP contribution in [0.4, 0.5) is 5.69 Å². The van der Waals surface area contributed by atoms with E-state index in [9.17, 15) is 4.79 Å². The summed E-state index contributed by atoms with van der Waals surface area (Å²) < 4.78 is 11.4. The minimum absolute atomic E-state index is 0.0247. The number of nitrogens with zero attached hydrogens (tertiary/aromatic N) is 3. The molecule has 1 amide bonds. The molecule has 37 heavy (non-hydrogen) atoms. The van der Waals surface area contributed by atoms with E-state index in [1.54, 1.807) is 19.5 Å². The number of ether oxygens (including phenoxy) is 2. The quantitative estimate of drug-likeness (QED) is 0.391. The first-order valence-electron chi connectivity index (χ1n) is 12.9. The summed E-state index contributed by atoms with van der Waals surface area (Å²) in [6.07, 6.45) is 5.19. The minimum Gasteiger partial charge on any atom is -0.497 e. The van der Waals surface area contributed by atoms with Crippen molar-refractivity contribution >= 4 is 17.8 Å². The number of benzene rings is 2. The molecule has 1 aromatic heterocycles. The average molecular weight is 501 g/mol. The number of amides is 1. The lowest BCUT2D eigenvalue weighted by Crippen LogP contribution is -2.42. The van der Waals surface area contributed by atoms with E-state index in [0.29, 0.717) is 6.61 Å². The topological polar surface area (TPSA) is 76.0 Å². The Kier molecular flexibility index (Phi) is 9.27. The Morgan fingerprint density at radius 1 is 1.14 bits per heavy atom. The van der Waals surface area contributed by atoms with Crippen LogP contribution >= 0.6 is 0 Å². The second-order valence-corrected chi connectivity index (χ2v) is 9.27. The van der Waals surface area contributed by atoms with Gasteiger partial charge in [-0.15, -0.1) is 0 Å². The maximum Gasteiger partial charge on any atom is 0.224 e. The molecule has 1 saturated heterocycles. The lowest BCUT2D eigenvalue weighted by Gasteiger charge is -2.32. The van der Waals surface area contributed by atoms with Gasteiger partial charge in [-0.1, -0.05) is 18.2 Å². The lowest BCUT2D eigenvalue weighted by atomic mass is 9.94. The fourth-order valence-electron chi connectivity index (χ4n) is 4.67. The molecule has 1 aliphatic rings. The van der Waals surface area contributed by atoms with Crippen LogP contribution in [0.2, 0.25) is 0 Å². The van der Waals surface area contributed by atoms with Crippen LogP contribution in [0.3, 0.4) is 0 Å². The summed E-state index contributed by atoms with van der Waals surface area (Å²) in [6.45, 7) is 7.15. The number of piperidine rings is 1. The van der Waals surface area contributed by atoms with Crippen molar-refractivity contribution < 1.29 is 14.3 Å². The van der Waals surface area contributed by atoms with Crippen molar-refractivity contribution in [3.8, 4) is 11.5 Å². The minimum atomic E-state index is -0.326. The number of carbonyl (C=O) groups is 1. The van der Waals surface area contributed by atoms with Crippen LogP contribution in [0.25, 0.3) is 0 Å². The summed E-state index contributed by atoms with van der Waals surface area (Å²) in [5.41, 5.74) is 3.82. The number of methoxy groups -OCH3 is 1. The zero-order valence-electron chi connectivity index (χ0n) is 21.9. The van der Waals surface area contributed by atoms with Crippen molar-refractivity contribution in [2.75, 3.05) is 33.4 Å². The van der Waals surface area contributed by atoms with Gasteiger partial charge in [-0.2, -0.15) is 0 Å². The van der Waals surface area contributed by atoms with Gasteiger partial charge in [0.2, 0.25) is 5.91 Å².